The third-order valence-corrected chi connectivity index (χ3v) is 7.10. The van der Waals surface area contributed by atoms with Crippen molar-refractivity contribution in [2.45, 2.75) is 11.3 Å². The average Bonchev–Trinajstić information content (AvgIpc) is 2.74. The minimum atomic E-state index is -3.87. The monoisotopic (exact) mass is 465 g/mol. The molecule has 0 fully saturated rings. The first-order valence-corrected chi connectivity index (χ1v) is 11.2. The van der Waals surface area contributed by atoms with Crippen molar-refractivity contribution in [3.8, 4) is 11.5 Å². The molecule has 0 aliphatic carbocycles. The summed E-state index contributed by atoms with van der Waals surface area (Å²) in [6, 6.07) is 17.0. The highest BCUT2D eigenvalue weighted by atomic mass is 35.5. The van der Waals surface area contributed by atoms with E-state index in [0.29, 0.717) is 33.7 Å². The van der Waals surface area contributed by atoms with E-state index in [2.05, 4.69) is 0 Å². The van der Waals surface area contributed by atoms with Gasteiger partial charge in [0.2, 0.25) is 0 Å². The van der Waals surface area contributed by atoms with Crippen LogP contribution in [0.15, 0.2) is 65.6 Å². The Bertz CT molecular complexity index is 1170. The van der Waals surface area contributed by atoms with E-state index in [0.717, 1.165) is 11.1 Å². The maximum atomic E-state index is 13.3. The molecule has 0 aliphatic heterocycles. The molecule has 0 amide bonds. The first-order valence-electron chi connectivity index (χ1n) is 9.00. The Labute approximate surface area is 186 Å². The van der Waals surface area contributed by atoms with Gasteiger partial charge in [-0.15, -0.1) is 0 Å². The summed E-state index contributed by atoms with van der Waals surface area (Å²) in [6.07, 6.45) is 0.432. The van der Waals surface area contributed by atoms with Crippen LogP contribution in [-0.2, 0) is 16.4 Å². The van der Waals surface area contributed by atoms with Gasteiger partial charge in [-0.2, -0.15) is 0 Å². The highest BCUT2D eigenvalue weighted by Crippen LogP contribution is 2.34. The van der Waals surface area contributed by atoms with Gasteiger partial charge in [0.05, 0.1) is 24.8 Å². The molecule has 8 heteroatoms. The van der Waals surface area contributed by atoms with Crippen LogP contribution < -0.4 is 13.8 Å². The van der Waals surface area contributed by atoms with E-state index < -0.39 is 10.0 Å². The van der Waals surface area contributed by atoms with Gasteiger partial charge >= 0.3 is 0 Å². The topological polar surface area (TPSA) is 55.8 Å². The number of anilines is 1. The van der Waals surface area contributed by atoms with Gasteiger partial charge in [0.25, 0.3) is 10.0 Å². The Hall–Kier alpha value is -2.41. The number of ether oxygens (including phenoxy) is 2. The second kappa shape index (κ2) is 9.16. The van der Waals surface area contributed by atoms with E-state index in [-0.39, 0.29) is 4.90 Å². The van der Waals surface area contributed by atoms with E-state index in [4.69, 9.17) is 32.7 Å². The zero-order chi connectivity index (χ0) is 21.9. The smallest absolute Gasteiger partial charge is 0.264 e. The van der Waals surface area contributed by atoms with Crippen molar-refractivity contribution in [2.24, 2.45) is 0 Å². The maximum absolute atomic E-state index is 13.3. The molecule has 5 nitrogen and oxygen atoms in total. The van der Waals surface area contributed by atoms with Crippen LogP contribution in [0.3, 0.4) is 0 Å². The number of rotatable bonds is 7. The van der Waals surface area contributed by atoms with Gasteiger partial charge in [-0.1, -0.05) is 41.4 Å². The second-order valence-electron chi connectivity index (χ2n) is 6.53. The summed E-state index contributed by atoms with van der Waals surface area (Å²) in [5.74, 6) is 0.782. The molecule has 0 spiro atoms. The van der Waals surface area contributed by atoms with Crippen molar-refractivity contribution in [3.63, 3.8) is 0 Å². The molecule has 30 heavy (non-hydrogen) atoms. The average molecular weight is 466 g/mol. The Kier molecular flexibility index (Phi) is 6.81. The van der Waals surface area contributed by atoms with Gasteiger partial charge < -0.3 is 9.47 Å². The molecule has 0 saturated heterocycles. The van der Waals surface area contributed by atoms with E-state index in [1.165, 1.54) is 37.7 Å². The fourth-order valence-corrected chi connectivity index (χ4v) is 4.76. The summed E-state index contributed by atoms with van der Waals surface area (Å²) >= 11 is 12.5. The summed E-state index contributed by atoms with van der Waals surface area (Å²) < 4.78 is 38.3. The number of sulfonamides is 1. The van der Waals surface area contributed by atoms with Crippen LogP contribution in [0.25, 0.3) is 0 Å². The second-order valence-corrected chi connectivity index (χ2v) is 9.34. The summed E-state index contributed by atoms with van der Waals surface area (Å²) in [5, 5.41) is 1.12. The minimum Gasteiger partial charge on any atom is -0.493 e. The number of hydrogen-bond donors (Lipinski definition) is 0. The van der Waals surface area contributed by atoms with Crippen LogP contribution in [0.1, 0.15) is 11.1 Å². The number of benzene rings is 3. The van der Waals surface area contributed by atoms with Crippen molar-refractivity contribution < 1.29 is 17.9 Å². The third-order valence-electron chi connectivity index (χ3n) is 4.73. The summed E-state index contributed by atoms with van der Waals surface area (Å²) in [5.41, 5.74) is 2.12. The molecule has 0 bridgehead atoms. The molecule has 0 unspecified atom stereocenters. The van der Waals surface area contributed by atoms with E-state index in [1.54, 1.807) is 30.3 Å². The van der Waals surface area contributed by atoms with Gasteiger partial charge in [-0.05, 0) is 47.5 Å². The van der Waals surface area contributed by atoms with Crippen molar-refractivity contribution >= 4 is 38.9 Å². The van der Waals surface area contributed by atoms with E-state index >= 15 is 0 Å². The molecule has 3 rings (SSSR count). The van der Waals surface area contributed by atoms with E-state index in [9.17, 15) is 8.42 Å². The fourth-order valence-electron chi connectivity index (χ4n) is 3.11. The lowest BCUT2D eigenvalue weighted by molar-refractivity contribution is 0.354. The molecule has 0 N–H and O–H groups in total. The van der Waals surface area contributed by atoms with Crippen molar-refractivity contribution in [3.05, 3.63) is 81.8 Å². The van der Waals surface area contributed by atoms with Gasteiger partial charge in [0.15, 0.2) is 11.5 Å². The van der Waals surface area contributed by atoms with Gasteiger partial charge in [0, 0.05) is 29.6 Å². The first-order chi connectivity index (χ1) is 14.3. The van der Waals surface area contributed by atoms with Crippen LogP contribution in [0.2, 0.25) is 10.0 Å². The molecule has 0 radical (unpaired) electrons. The van der Waals surface area contributed by atoms with Crippen LogP contribution >= 0.6 is 23.2 Å². The standard InChI is InChI=1S/C22H21Cl2NO4S/c1-25(30(26,27)18-9-11-21(28-2)22(14-18)29-3)20-10-8-17(23)13-16(20)12-15-6-4-5-7-19(15)24/h4-11,13-14H,12H2,1-3H3. The largest absolute Gasteiger partial charge is 0.493 e. The molecule has 158 valence electrons. The van der Waals surface area contributed by atoms with Crippen LogP contribution in [0.5, 0.6) is 11.5 Å². The normalized spacial score (nSPS) is 11.2. The number of halogens is 2. The molecule has 0 aromatic heterocycles. The first kappa shape index (κ1) is 22.3. The fraction of sp³-hybridized carbons (Fsp3) is 0.182. The molecule has 0 saturated carbocycles. The molecular formula is C22H21Cl2NO4S. The predicted molar refractivity (Wildman–Crippen MR) is 121 cm³/mol. The van der Waals surface area contributed by atoms with Crippen molar-refractivity contribution in [1.29, 1.82) is 0 Å². The number of methoxy groups -OCH3 is 2. The van der Waals surface area contributed by atoms with Crippen molar-refractivity contribution in [1.82, 2.24) is 0 Å². The Morgan fingerprint density at radius 3 is 2.23 bits per heavy atom. The quantitative estimate of drug-likeness (QED) is 0.466. The maximum Gasteiger partial charge on any atom is 0.264 e. The minimum absolute atomic E-state index is 0.0845. The Morgan fingerprint density at radius 1 is 0.867 bits per heavy atom. The van der Waals surface area contributed by atoms with Crippen molar-refractivity contribution in [2.75, 3.05) is 25.6 Å². The lowest BCUT2D eigenvalue weighted by Crippen LogP contribution is -2.27. The van der Waals surface area contributed by atoms with Crippen LogP contribution in [0.4, 0.5) is 5.69 Å². The van der Waals surface area contributed by atoms with Crippen LogP contribution in [0, 0.1) is 0 Å². The Morgan fingerprint density at radius 2 is 1.57 bits per heavy atom. The van der Waals surface area contributed by atoms with Gasteiger partial charge in [-0.25, -0.2) is 8.42 Å². The molecule has 0 atom stereocenters. The summed E-state index contributed by atoms with van der Waals surface area (Å²) in [6.45, 7) is 0. The molecule has 3 aromatic carbocycles. The predicted octanol–water partition coefficient (Wildman–Crippen LogP) is 5.43. The number of hydrogen-bond acceptors (Lipinski definition) is 4. The summed E-state index contributed by atoms with van der Waals surface area (Å²) in [4.78, 5) is 0.0845. The third kappa shape index (κ3) is 4.51. The van der Waals surface area contributed by atoms with Crippen LogP contribution in [-0.4, -0.2) is 29.7 Å². The molecule has 0 aliphatic rings. The zero-order valence-corrected chi connectivity index (χ0v) is 19.1. The summed E-state index contributed by atoms with van der Waals surface area (Å²) in [7, 11) is 0.590. The van der Waals surface area contributed by atoms with E-state index in [1.807, 2.05) is 18.2 Å². The molecule has 3 aromatic rings. The Balaban J connectivity index is 2.04. The van der Waals surface area contributed by atoms with Gasteiger partial charge in [-0.3, -0.25) is 4.31 Å². The highest BCUT2D eigenvalue weighted by molar-refractivity contribution is 7.92. The lowest BCUT2D eigenvalue weighted by atomic mass is 10.0. The molecule has 0 heterocycles. The lowest BCUT2D eigenvalue weighted by Gasteiger charge is -2.23. The zero-order valence-electron chi connectivity index (χ0n) is 16.7. The molecular weight excluding hydrogens is 445 g/mol. The highest BCUT2D eigenvalue weighted by Gasteiger charge is 2.25. The van der Waals surface area contributed by atoms with Gasteiger partial charge in [0.1, 0.15) is 0 Å². The number of nitrogens with zero attached hydrogens (tertiary/aromatic N) is 1. The SMILES string of the molecule is COc1ccc(S(=O)(=O)N(C)c2ccc(Cl)cc2Cc2ccccc2Cl)cc1OC.